The van der Waals surface area contributed by atoms with Gasteiger partial charge in [-0.05, 0) is 30.4 Å². The van der Waals surface area contributed by atoms with Gasteiger partial charge in [-0.15, -0.1) is 0 Å². The zero-order valence-electron chi connectivity index (χ0n) is 11.6. The minimum Gasteiger partial charge on any atom is -0.381 e. The van der Waals surface area contributed by atoms with E-state index in [0.717, 1.165) is 23.2 Å². The van der Waals surface area contributed by atoms with E-state index in [9.17, 15) is 22.4 Å². The Morgan fingerprint density at radius 3 is 2.65 bits per heavy atom. The number of nitrogens with two attached hydrogens (primary N) is 1. The van der Waals surface area contributed by atoms with Gasteiger partial charge in [0.25, 0.3) is 0 Å². The lowest BCUT2D eigenvalue weighted by Crippen LogP contribution is -2.39. The quantitative estimate of drug-likeness (QED) is 0.634. The standard InChI is InChI=1S/C13H10F4N4OS/c1-20(8-4-2-3-7(5-8)13(15,16)17)12(23)21-6-9(14)10(18)19-11(21)22/h2-6H,1H3,(H2,18,19,22). The van der Waals surface area contributed by atoms with Crippen molar-refractivity contribution in [1.29, 1.82) is 0 Å². The Labute approximate surface area is 133 Å². The second-order valence-corrected chi connectivity index (χ2v) is 4.88. The first kappa shape index (κ1) is 16.9. The Hall–Kier alpha value is -2.49. The lowest BCUT2D eigenvalue weighted by Gasteiger charge is -2.22. The molecular weight excluding hydrogens is 336 g/mol. The fourth-order valence-corrected chi connectivity index (χ4v) is 1.98. The molecule has 0 saturated heterocycles. The van der Waals surface area contributed by atoms with Crippen LogP contribution in [0.4, 0.5) is 29.1 Å². The Kier molecular flexibility index (Phi) is 4.37. The summed E-state index contributed by atoms with van der Waals surface area (Å²) in [5.41, 5.74) is 3.43. The third-order valence-corrected chi connectivity index (χ3v) is 3.43. The van der Waals surface area contributed by atoms with Gasteiger partial charge in [0.15, 0.2) is 16.7 Å². The molecule has 0 unspecified atom stereocenters. The first-order valence-electron chi connectivity index (χ1n) is 6.11. The Bertz CT molecular complexity index is 818. The van der Waals surface area contributed by atoms with Gasteiger partial charge in [0.1, 0.15) is 0 Å². The molecule has 0 aliphatic rings. The van der Waals surface area contributed by atoms with Crippen molar-refractivity contribution in [1.82, 2.24) is 9.55 Å². The zero-order chi connectivity index (χ0) is 17.4. The van der Waals surface area contributed by atoms with E-state index in [-0.39, 0.29) is 10.8 Å². The molecule has 2 aromatic rings. The highest BCUT2D eigenvalue weighted by Crippen LogP contribution is 2.31. The number of rotatable bonds is 1. The lowest BCUT2D eigenvalue weighted by atomic mass is 10.2. The molecule has 0 bridgehead atoms. The molecule has 0 radical (unpaired) electrons. The molecule has 2 rings (SSSR count). The number of thiocarbonyl (C=S) groups is 1. The number of halogens is 4. The van der Waals surface area contributed by atoms with Crippen LogP contribution in [0.5, 0.6) is 0 Å². The molecule has 0 aliphatic heterocycles. The van der Waals surface area contributed by atoms with E-state index in [1.54, 1.807) is 0 Å². The molecule has 0 fully saturated rings. The second kappa shape index (κ2) is 5.95. The molecular formula is C13H10F4N4OS. The van der Waals surface area contributed by atoms with E-state index in [2.05, 4.69) is 4.98 Å². The van der Waals surface area contributed by atoms with Gasteiger partial charge in [-0.2, -0.15) is 18.2 Å². The fraction of sp³-hybridized carbons (Fsp3) is 0.154. The molecule has 0 atom stereocenters. The van der Waals surface area contributed by atoms with E-state index in [0.29, 0.717) is 4.57 Å². The number of benzene rings is 1. The lowest BCUT2D eigenvalue weighted by molar-refractivity contribution is -0.137. The molecule has 0 aliphatic carbocycles. The van der Waals surface area contributed by atoms with Gasteiger partial charge in [-0.1, -0.05) is 6.07 Å². The van der Waals surface area contributed by atoms with E-state index in [4.69, 9.17) is 18.0 Å². The highest BCUT2D eigenvalue weighted by molar-refractivity contribution is 7.80. The smallest absolute Gasteiger partial charge is 0.381 e. The van der Waals surface area contributed by atoms with Crippen LogP contribution in [0.3, 0.4) is 0 Å². The Balaban J connectivity index is 2.41. The van der Waals surface area contributed by atoms with Gasteiger partial charge in [-0.25, -0.2) is 13.8 Å². The topological polar surface area (TPSA) is 64.2 Å². The van der Waals surface area contributed by atoms with Gasteiger partial charge < -0.3 is 10.6 Å². The predicted octanol–water partition coefficient (Wildman–Crippen LogP) is 2.25. The molecule has 23 heavy (non-hydrogen) atoms. The Morgan fingerprint density at radius 1 is 1.39 bits per heavy atom. The van der Waals surface area contributed by atoms with Crippen LogP contribution in [0.15, 0.2) is 35.3 Å². The van der Waals surface area contributed by atoms with E-state index < -0.39 is 29.1 Å². The average Bonchev–Trinajstić information content (AvgIpc) is 2.49. The molecule has 122 valence electrons. The van der Waals surface area contributed by atoms with E-state index >= 15 is 0 Å². The molecule has 10 heteroatoms. The highest BCUT2D eigenvalue weighted by atomic mass is 32.1. The van der Waals surface area contributed by atoms with Gasteiger partial charge in [0, 0.05) is 12.7 Å². The monoisotopic (exact) mass is 346 g/mol. The normalized spacial score (nSPS) is 11.3. The maximum atomic E-state index is 13.4. The van der Waals surface area contributed by atoms with Crippen LogP contribution in [0, 0.1) is 5.82 Å². The molecule has 0 spiro atoms. The maximum absolute atomic E-state index is 13.4. The summed E-state index contributed by atoms with van der Waals surface area (Å²) in [5, 5.41) is -0.249. The van der Waals surface area contributed by atoms with Crippen LogP contribution >= 0.6 is 12.2 Å². The van der Waals surface area contributed by atoms with Gasteiger partial charge in [-0.3, -0.25) is 0 Å². The molecule has 2 N–H and O–H groups in total. The predicted molar refractivity (Wildman–Crippen MR) is 80.7 cm³/mol. The molecule has 1 aromatic heterocycles. The maximum Gasteiger partial charge on any atom is 0.416 e. The van der Waals surface area contributed by atoms with Crippen LogP contribution in [0.2, 0.25) is 0 Å². The molecule has 0 saturated carbocycles. The number of nitrogens with zero attached hydrogens (tertiary/aromatic N) is 3. The molecule has 0 amide bonds. The van der Waals surface area contributed by atoms with Crippen molar-refractivity contribution in [2.75, 3.05) is 17.7 Å². The van der Waals surface area contributed by atoms with Crippen molar-refractivity contribution < 1.29 is 17.6 Å². The summed E-state index contributed by atoms with van der Waals surface area (Å²) < 4.78 is 52.3. The largest absolute Gasteiger partial charge is 0.416 e. The number of aromatic nitrogens is 2. The average molecular weight is 346 g/mol. The van der Waals surface area contributed by atoms with Crippen molar-refractivity contribution >= 4 is 28.8 Å². The first-order chi connectivity index (χ1) is 10.6. The van der Waals surface area contributed by atoms with E-state index in [1.165, 1.54) is 19.2 Å². The zero-order valence-corrected chi connectivity index (χ0v) is 12.5. The van der Waals surface area contributed by atoms with E-state index in [1.807, 2.05) is 0 Å². The van der Waals surface area contributed by atoms with Crippen LogP contribution in [0.1, 0.15) is 5.56 Å². The van der Waals surface area contributed by atoms with Gasteiger partial charge >= 0.3 is 11.9 Å². The number of anilines is 2. The van der Waals surface area contributed by atoms with Crippen LogP contribution < -0.4 is 16.3 Å². The molecule has 1 heterocycles. The molecule has 5 nitrogen and oxygen atoms in total. The minimum absolute atomic E-state index is 0.0777. The third kappa shape index (κ3) is 3.47. The number of alkyl halides is 3. The van der Waals surface area contributed by atoms with Crippen molar-refractivity contribution in [2.24, 2.45) is 0 Å². The van der Waals surface area contributed by atoms with Crippen molar-refractivity contribution in [3.63, 3.8) is 0 Å². The SMILES string of the molecule is CN(C(=S)n1cc(F)c(N)nc1=O)c1cccc(C(F)(F)F)c1. The summed E-state index contributed by atoms with van der Waals surface area (Å²) in [6, 6.07) is 4.32. The number of nitrogen functional groups attached to an aromatic ring is 1. The summed E-state index contributed by atoms with van der Waals surface area (Å²) in [7, 11) is 1.35. The van der Waals surface area contributed by atoms with Crippen LogP contribution in [-0.4, -0.2) is 21.7 Å². The summed E-state index contributed by atoms with van der Waals surface area (Å²) in [6.45, 7) is 0. The number of hydrogen-bond donors (Lipinski definition) is 1. The minimum atomic E-state index is -4.52. The third-order valence-electron chi connectivity index (χ3n) is 2.96. The molecule has 1 aromatic carbocycles. The summed E-state index contributed by atoms with van der Waals surface area (Å²) in [4.78, 5) is 16.1. The highest BCUT2D eigenvalue weighted by Gasteiger charge is 2.30. The Morgan fingerprint density at radius 2 is 2.04 bits per heavy atom. The van der Waals surface area contributed by atoms with Crippen LogP contribution in [-0.2, 0) is 6.18 Å². The van der Waals surface area contributed by atoms with Crippen molar-refractivity contribution in [3.05, 3.63) is 52.3 Å². The fourth-order valence-electron chi connectivity index (χ4n) is 1.74. The van der Waals surface area contributed by atoms with Crippen molar-refractivity contribution in [2.45, 2.75) is 6.18 Å². The van der Waals surface area contributed by atoms with Gasteiger partial charge in [0.05, 0.1) is 11.8 Å². The number of hydrogen-bond acceptors (Lipinski definition) is 4. The van der Waals surface area contributed by atoms with Crippen LogP contribution in [0.25, 0.3) is 0 Å². The summed E-state index contributed by atoms with van der Waals surface area (Å²) in [6.07, 6.45) is -3.79. The second-order valence-electron chi connectivity index (χ2n) is 4.52. The van der Waals surface area contributed by atoms with Gasteiger partial charge in [0.2, 0.25) is 0 Å². The summed E-state index contributed by atoms with van der Waals surface area (Å²) >= 11 is 5.01. The van der Waals surface area contributed by atoms with Crippen molar-refractivity contribution in [3.8, 4) is 0 Å². The summed E-state index contributed by atoms with van der Waals surface area (Å²) in [5.74, 6) is -1.56. The first-order valence-corrected chi connectivity index (χ1v) is 6.52.